The van der Waals surface area contributed by atoms with Gasteiger partial charge in [0.25, 0.3) is 5.91 Å². The summed E-state index contributed by atoms with van der Waals surface area (Å²) in [6, 6.07) is 3.84. The molecule has 16 heavy (non-hydrogen) atoms. The largest absolute Gasteiger partial charge is 0.337 e. The molecule has 1 aromatic rings. The number of thiophene rings is 1. The molecule has 4 heteroatoms. The van der Waals surface area contributed by atoms with E-state index >= 15 is 0 Å². The number of amides is 1. The third-order valence-electron chi connectivity index (χ3n) is 2.94. The Balaban J connectivity index is 2.09. The van der Waals surface area contributed by atoms with Crippen molar-refractivity contribution in [2.45, 2.75) is 20.3 Å². The lowest BCUT2D eigenvalue weighted by molar-refractivity contribution is 0.0628. The number of likely N-dealkylation sites (tertiary alicyclic amines) is 1. The molecule has 0 aromatic carbocycles. The van der Waals surface area contributed by atoms with Gasteiger partial charge in [-0.2, -0.15) is 0 Å². The molecule has 0 spiro atoms. The van der Waals surface area contributed by atoms with E-state index in [-0.39, 0.29) is 5.91 Å². The number of rotatable bonds is 1. The van der Waals surface area contributed by atoms with Crippen LogP contribution in [0.4, 0.5) is 0 Å². The van der Waals surface area contributed by atoms with Crippen molar-refractivity contribution in [3.05, 3.63) is 20.8 Å². The highest BCUT2D eigenvalue weighted by Gasteiger charge is 2.26. The van der Waals surface area contributed by atoms with E-state index in [1.807, 2.05) is 17.0 Å². The molecule has 1 aromatic heterocycles. The lowest BCUT2D eigenvalue weighted by Gasteiger charge is -2.34. The van der Waals surface area contributed by atoms with Crippen LogP contribution < -0.4 is 0 Å². The Hall–Kier alpha value is -0.350. The van der Waals surface area contributed by atoms with Gasteiger partial charge >= 0.3 is 0 Å². The zero-order valence-electron chi connectivity index (χ0n) is 9.57. The lowest BCUT2D eigenvalue weighted by atomic mass is 9.92. The van der Waals surface area contributed by atoms with Crippen LogP contribution in [0.2, 0.25) is 0 Å². The van der Waals surface area contributed by atoms with Crippen LogP contribution in [0.3, 0.4) is 0 Å². The van der Waals surface area contributed by atoms with Gasteiger partial charge in [0.2, 0.25) is 0 Å². The molecule has 0 N–H and O–H groups in total. The fraction of sp³-hybridized carbons (Fsp3) is 0.583. The number of piperidine rings is 1. The highest BCUT2D eigenvalue weighted by molar-refractivity contribution is 9.11. The first-order chi connectivity index (χ1) is 7.56. The third-order valence-corrected chi connectivity index (χ3v) is 4.55. The van der Waals surface area contributed by atoms with Crippen molar-refractivity contribution in [1.29, 1.82) is 0 Å². The Morgan fingerprint density at radius 2 is 2.00 bits per heavy atom. The second-order valence-electron chi connectivity index (χ2n) is 4.76. The summed E-state index contributed by atoms with van der Waals surface area (Å²) in [5.41, 5.74) is 0. The standard InChI is InChI=1S/C12H16BrNOS/c1-8-5-9(2)7-14(6-8)12(15)10-3-4-11(13)16-10/h3-4,8-9H,5-7H2,1-2H3/t8-,9-/m0/s1. The number of halogens is 1. The minimum atomic E-state index is 0.189. The van der Waals surface area contributed by atoms with Crippen molar-refractivity contribution in [3.8, 4) is 0 Å². The van der Waals surface area contributed by atoms with Crippen LogP contribution in [0.15, 0.2) is 15.9 Å². The maximum Gasteiger partial charge on any atom is 0.263 e. The number of hydrogen-bond donors (Lipinski definition) is 0. The maximum atomic E-state index is 12.2. The molecule has 88 valence electrons. The van der Waals surface area contributed by atoms with Crippen LogP contribution in [0.5, 0.6) is 0 Å². The average molecular weight is 302 g/mol. The molecule has 1 saturated heterocycles. The van der Waals surface area contributed by atoms with Crippen LogP contribution in [0, 0.1) is 11.8 Å². The molecule has 2 heterocycles. The van der Waals surface area contributed by atoms with Gasteiger partial charge in [-0.1, -0.05) is 13.8 Å². The number of hydrogen-bond acceptors (Lipinski definition) is 2. The first-order valence-electron chi connectivity index (χ1n) is 5.61. The molecule has 2 rings (SSSR count). The average Bonchev–Trinajstić information content (AvgIpc) is 2.62. The van der Waals surface area contributed by atoms with Gasteiger partial charge in [-0.05, 0) is 46.3 Å². The molecule has 0 radical (unpaired) electrons. The lowest BCUT2D eigenvalue weighted by Crippen LogP contribution is -2.42. The second kappa shape index (κ2) is 4.88. The van der Waals surface area contributed by atoms with E-state index in [9.17, 15) is 4.79 Å². The summed E-state index contributed by atoms with van der Waals surface area (Å²) < 4.78 is 1.02. The molecule has 1 aliphatic rings. The molecule has 1 aliphatic heterocycles. The molecule has 0 bridgehead atoms. The van der Waals surface area contributed by atoms with Gasteiger partial charge < -0.3 is 4.90 Å². The Bertz CT molecular complexity index is 380. The second-order valence-corrected chi connectivity index (χ2v) is 7.22. The van der Waals surface area contributed by atoms with Crippen LogP contribution in [0.25, 0.3) is 0 Å². The van der Waals surface area contributed by atoms with E-state index in [0.29, 0.717) is 11.8 Å². The number of carbonyl (C=O) groups is 1. The Morgan fingerprint density at radius 1 is 1.38 bits per heavy atom. The highest BCUT2D eigenvalue weighted by Crippen LogP contribution is 2.26. The van der Waals surface area contributed by atoms with Crippen molar-refractivity contribution >= 4 is 33.2 Å². The number of nitrogens with zero attached hydrogens (tertiary/aromatic N) is 1. The zero-order chi connectivity index (χ0) is 11.7. The summed E-state index contributed by atoms with van der Waals surface area (Å²) in [7, 11) is 0. The smallest absolute Gasteiger partial charge is 0.263 e. The quantitative estimate of drug-likeness (QED) is 0.776. The van der Waals surface area contributed by atoms with E-state index in [4.69, 9.17) is 0 Å². The number of carbonyl (C=O) groups excluding carboxylic acids is 1. The van der Waals surface area contributed by atoms with Gasteiger partial charge in [-0.25, -0.2) is 0 Å². The monoisotopic (exact) mass is 301 g/mol. The van der Waals surface area contributed by atoms with Crippen LogP contribution in [0.1, 0.15) is 29.9 Å². The molecule has 2 atom stereocenters. The minimum Gasteiger partial charge on any atom is -0.337 e. The summed E-state index contributed by atoms with van der Waals surface area (Å²) in [6.07, 6.45) is 1.23. The summed E-state index contributed by atoms with van der Waals surface area (Å²) in [5, 5.41) is 0. The van der Waals surface area contributed by atoms with E-state index in [1.165, 1.54) is 17.8 Å². The van der Waals surface area contributed by atoms with E-state index < -0.39 is 0 Å². The third kappa shape index (κ3) is 2.66. The van der Waals surface area contributed by atoms with Crippen molar-refractivity contribution in [2.75, 3.05) is 13.1 Å². The zero-order valence-corrected chi connectivity index (χ0v) is 12.0. The molecule has 2 nitrogen and oxygen atoms in total. The highest BCUT2D eigenvalue weighted by atomic mass is 79.9. The van der Waals surface area contributed by atoms with Crippen LogP contribution in [-0.4, -0.2) is 23.9 Å². The van der Waals surface area contributed by atoms with Gasteiger partial charge in [0.1, 0.15) is 0 Å². The predicted octanol–water partition coefficient (Wildman–Crippen LogP) is 3.63. The Kier molecular flexibility index (Phi) is 3.70. The first-order valence-corrected chi connectivity index (χ1v) is 7.22. The van der Waals surface area contributed by atoms with Crippen molar-refractivity contribution in [1.82, 2.24) is 4.90 Å². The SMILES string of the molecule is C[C@H]1C[C@H](C)CN(C(=O)c2ccc(Br)s2)C1. The predicted molar refractivity (Wildman–Crippen MR) is 70.9 cm³/mol. The molecular formula is C12H16BrNOS. The topological polar surface area (TPSA) is 20.3 Å². The van der Waals surface area contributed by atoms with Gasteiger partial charge in [0.15, 0.2) is 0 Å². The fourth-order valence-electron chi connectivity index (χ4n) is 2.41. The van der Waals surface area contributed by atoms with Crippen molar-refractivity contribution < 1.29 is 4.79 Å². The molecule has 0 aliphatic carbocycles. The van der Waals surface area contributed by atoms with Crippen molar-refractivity contribution in [2.24, 2.45) is 11.8 Å². The minimum absolute atomic E-state index is 0.189. The van der Waals surface area contributed by atoms with Crippen molar-refractivity contribution in [3.63, 3.8) is 0 Å². The van der Waals surface area contributed by atoms with Crippen LogP contribution >= 0.6 is 27.3 Å². The van der Waals surface area contributed by atoms with E-state index in [2.05, 4.69) is 29.8 Å². The summed E-state index contributed by atoms with van der Waals surface area (Å²) in [6.45, 7) is 6.25. The maximum absolute atomic E-state index is 12.2. The van der Waals surface area contributed by atoms with Gasteiger partial charge in [-0.15, -0.1) is 11.3 Å². The molecule has 0 unspecified atom stereocenters. The van der Waals surface area contributed by atoms with Gasteiger partial charge in [-0.3, -0.25) is 4.79 Å². The summed E-state index contributed by atoms with van der Waals surface area (Å²) in [4.78, 5) is 15.1. The molecular weight excluding hydrogens is 286 g/mol. The normalized spacial score (nSPS) is 25.8. The Morgan fingerprint density at radius 3 is 2.50 bits per heavy atom. The molecule has 1 amide bonds. The molecule has 1 fully saturated rings. The Labute approximate surface area is 109 Å². The fourth-order valence-corrected chi connectivity index (χ4v) is 3.77. The van der Waals surface area contributed by atoms with E-state index in [0.717, 1.165) is 21.8 Å². The molecule has 0 saturated carbocycles. The van der Waals surface area contributed by atoms with Gasteiger partial charge in [0, 0.05) is 13.1 Å². The first kappa shape index (κ1) is 12.1. The van der Waals surface area contributed by atoms with Crippen LogP contribution in [-0.2, 0) is 0 Å². The van der Waals surface area contributed by atoms with E-state index in [1.54, 1.807) is 0 Å². The summed E-state index contributed by atoms with van der Waals surface area (Å²) >= 11 is 4.91. The summed E-state index contributed by atoms with van der Waals surface area (Å²) in [5.74, 6) is 1.43. The van der Waals surface area contributed by atoms with Gasteiger partial charge in [0.05, 0.1) is 8.66 Å².